The van der Waals surface area contributed by atoms with Gasteiger partial charge in [-0.1, -0.05) is 6.92 Å². The van der Waals surface area contributed by atoms with E-state index in [0.717, 1.165) is 23.3 Å². The SMILES string of the molecule is CCc1csc(S(=O)(=O)Cl)c1. The van der Waals surface area contributed by atoms with Gasteiger partial charge < -0.3 is 0 Å². The molecule has 0 atom stereocenters. The second kappa shape index (κ2) is 3.13. The third-order valence-electron chi connectivity index (χ3n) is 1.28. The van der Waals surface area contributed by atoms with E-state index in [1.165, 1.54) is 0 Å². The van der Waals surface area contributed by atoms with Gasteiger partial charge in [-0.3, -0.25) is 0 Å². The van der Waals surface area contributed by atoms with Gasteiger partial charge in [0.05, 0.1) is 0 Å². The summed E-state index contributed by atoms with van der Waals surface area (Å²) >= 11 is 1.16. The summed E-state index contributed by atoms with van der Waals surface area (Å²) in [6, 6.07) is 1.60. The minimum atomic E-state index is -3.50. The van der Waals surface area contributed by atoms with Gasteiger partial charge in [0.25, 0.3) is 9.05 Å². The average Bonchev–Trinajstić information content (AvgIpc) is 2.32. The molecule has 1 heterocycles. The maximum Gasteiger partial charge on any atom is 0.270 e. The molecule has 11 heavy (non-hydrogen) atoms. The summed E-state index contributed by atoms with van der Waals surface area (Å²) in [5.74, 6) is 0. The van der Waals surface area contributed by atoms with E-state index in [2.05, 4.69) is 0 Å². The summed E-state index contributed by atoms with van der Waals surface area (Å²) in [6.45, 7) is 1.96. The first-order chi connectivity index (χ1) is 5.04. The second-order valence-electron chi connectivity index (χ2n) is 2.07. The van der Waals surface area contributed by atoms with Crippen LogP contribution in [0.15, 0.2) is 15.7 Å². The fourth-order valence-electron chi connectivity index (χ4n) is 0.666. The van der Waals surface area contributed by atoms with Crippen molar-refractivity contribution in [1.29, 1.82) is 0 Å². The molecule has 1 aromatic heterocycles. The van der Waals surface area contributed by atoms with Crippen LogP contribution >= 0.6 is 22.0 Å². The van der Waals surface area contributed by atoms with E-state index in [-0.39, 0.29) is 4.21 Å². The first-order valence-corrected chi connectivity index (χ1v) is 6.25. The van der Waals surface area contributed by atoms with Crippen molar-refractivity contribution in [2.24, 2.45) is 0 Å². The summed E-state index contributed by atoms with van der Waals surface area (Å²) in [4.78, 5) is 0. The standard InChI is InChI=1S/C6H7ClO2S2/c1-2-5-3-6(10-4-5)11(7,8)9/h3-4H,2H2,1H3. The van der Waals surface area contributed by atoms with E-state index in [1.54, 1.807) is 11.4 Å². The van der Waals surface area contributed by atoms with Crippen molar-refractivity contribution in [3.8, 4) is 0 Å². The van der Waals surface area contributed by atoms with Gasteiger partial charge in [-0.05, 0) is 23.4 Å². The van der Waals surface area contributed by atoms with Crippen LogP contribution in [0.4, 0.5) is 0 Å². The molecule has 0 bridgehead atoms. The Bertz CT molecular complexity index is 339. The molecule has 0 spiro atoms. The Balaban J connectivity index is 3.09. The van der Waals surface area contributed by atoms with Gasteiger partial charge in [-0.15, -0.1) is 11.3 Å². The lowest BCUT2D eigenvalue weighted by molar-refractivity contribution is 0.611. The smallest absolute Gasteiger partial charge is 0.206 e. The molecule has 0 radical (unpaired) electrons. The van der Waals surface area contributed by atoms with Crippen molar-refractivity contribution in [2.45, 2.75) is 17.6 Å². The fourth-order valence-corrected chi connectivity index (χ4v) is 2.75. The predicted molar refractivity (Wildman–Crippen MR) is 46.7 cm³/mol. The van der Waals surface area contributed by atoms with E-state index in [9.17, 15) is 8.42 Å². The minimum absolute atomic E-state index is 0.232. The zero-order valence-corrected chi connectivity index (χ0v) is 8.26. The van der Waals surface area contributed by atoms with Crippen LogP contribution in [-0.4, -0.2) is 8.42 Å². The molecule has 0 aliphatic heterocycles. The molecule has 2 nitrogen and oxygen atoms in total. The summed E-state index contributed by atoms with van der Waals surface area (Å²) in [5.41, 5.74) is 1.01. The highest BCUT2D eigenvalue weighted by molar-refractivity contribution is 8.15. The molecule has 0 N–H and O–H groups in total. The van der Waals surface area contributed by atoms with E-state index in [4.69, 9.17) is 10.7 Å². The lowest BCUT2D eigenvalue weighted by Crippen LogP contribution is -1.84. The van der Waals surface area contributed by atoms with E-state index < -0.39 is 9.05 Å². The summed E-state index contributed by atoms with van der Waals surface area (Å²) in [7, 11) is 1.61. The van der Waals surface area contributed by atoms with Crippen molar-refractivity contribution in [3.63, 3.8) is 0 Å². The lowest BCUT2D eigenvalue weighted by atomic mass is 10.3. The van der Waals surface area contributed by atoms with Crippen LogP contribution in [0, 0.1) is 0 Å². The van der Waals surface area contributed by atoms with Gasteiger partial charge in [0, 0.05) is 10.7 Å². The average molecular weight is 211 g/mol. The minimum Gasteiger partial charge on any atom is -0.206 e. The first-order valence-electron chi connectivity index (χ1n) is 3.06. The van der Waals surface area contributed by atoms with E-state index in [1.807, 2.05) is 6.92 Å². The van der Waals surface area contributed by atoms with Gasteiger partial charge in [0.1, 0.15) is 4.21 Å². The van der Waals surface area contributed by atoms with Gasteiger partial charge in [0.15, 0.2) is 0 Å². The Hall–Kier alpha value is -0.0600. The number of halogens is 1. The Morgan fingerprint density at radius 1 is 1.64 bits per heavy atom. The third kappa shape index (κ3) is 2.18. The largest absolute Gasteiger partial charge is 0.270 e. The van der Waals surface area contributed by atoms with Crippen LogP contribution in [0.2, 0.25) is 0 Å². The zero-order valence-electron chi connectivity index (χ0n) is 5.87. The maximum atomic E-state index is 10.7. The van der Waals surface area contributed by atoms with Crippen LogP contribution < -0.4 is 0 Å². The molecule has 0 aliphatic rings. The van der Waals surface area contributed by atoms with Crippen LogP contribution in [0.1, 0.15) is 12.5 Å². The van der Waals surface area contributed by atoms with Gasteiger partial charge in [-0.2, -0.15) is 0 Å². The molecule has 0 saturated heterocycles. The number of aryl methyl sites for hydroxylation is 1. The lowest BCUT2D eigenvalue weighted by Gasteiger charge is -1.85. The first kappa shape index (κ1) is 9.03. The Morgan fingerprint density at radius 3 is 2.55 bits per heavy atom. The van der Waals surface area contributed by atoms with Crippen molar-refractivity contribution in [1.82, 2.24) is 0 Å². The molecule has 1 aromatic rings. The topological polar surface area (TPSA) is 34.1 Å². The van der Waals surface area contributed by atoms with Crippen molar-refractivity contribution < 1.29 is 8.42 Å². The molecule has 1 rings (SSSR count). The molecular formula is C6H7ClO2S2. The number of thiophene rings is 1. The highest BCUT2D eigenvalue weighted by Gasteiger charge is 2.11. The van der Waals surface area contributed by atoms with Crippen molar-refractivity contribution >= 4 is 31.1 Å². The van der Waals surface area contributed by atoms with Crippen LogP contribution in [0.5, 0.6) is 0 Å². The van der Waals surface area contributed by atoms with E-state index in [0.29, 0.717) is 0 Å². The zero-order chi connectivity index (χ0) is 8.48. The maximum absolute atomic E-state index is 10.7. The predicted octanol–water partition coefficient (Wildman–Crippen LogP) is 2.24. The Kier molecular flexibility index (Phi) is 2.57. The van der Waals surface area contributed by atoms with Crippen LogP contribution in [0.3, 0.4) is 0 Å². The van der Waals surface area contributed by atoms with Gasteiger partial charge in [-0.25, -0.2) is 8.42 Å². The number of rotatable bonds is 2. The quantitative estimate of drug-likeness (QED) is 0.702. The summed E-state index contributed by atoms with van der Waals surface area (Å²) in [5, 5.41) is 1.80. The molecule has 5 heteroatoms. The van der Waals surface area contributed by atoms with Gasteiger partial charge >= 0.3 is 0 Å². The molecule has 0 aromatic carbocycles. The number of hydrogen-bond donors (Lipinski definition) is 0. The van der Waals surface area contributed by atoms with Gasteiger partial charge in [0.2, 0.25) is 0 Å². The highest BCUT2D eigenvalue weighted by atomic mass is 35.7. The Labute approximate surface area is 74.2 Å². The molecule has 62 valence electrons. The van der Waals surface area contributed by atoms with Crippen LogP contribution in [-0.2, 0) is 15.5 Å². The normalized spacial score (nSPS) is 11.8. The number of hydrogen-bond acceptors (Lipinski definition) is 3. The van der Waals surface area contributed by atoms with E-state index >= 15 is 0 Å². The molecule has 0 amide bonds. The highest BCUT2D eigenvalue weighted by Crippen LogP contribution is 2.23. The molecular weight excluding hydrogens is 204 g/mol. The molecule has 0 aliphatic carbocycles. The molecule has 0 saturated carbocycles. The summed E-state index contributed by atoms with van der Waals surface area (Å²) < 4.78 is 21.7. The van der Waals surface area contributed by atoms with Crippen molar-refractivity contribution in [3.05, 3.63) is 17.0 Å². The third-order valence-corrected chi connectivity index (χ3v) is 4.37. The molecule has 0 unspecified atom stereocenters. The van der Waals surface area contributed by atoms with Crippen LogP contribution in [0.25, 0.3) is 0 Å². The Morgan fingerprint density at radius 2 is 2.27 bits per heavy atom. The fraction of sp³-hybridized carbons (Fsp3) is 0.333. The second-order valence-corrected chi connectivity index (χ2v) is 5.77. The van der Waals surface area contributed by atoms with Crippen molar-refractivity contribution in [2.75, 3.05) is 0 Å². The monoisotopic (exact) mass is 210 g/mol. The molecule has 0 fully saturated rings. The summed E-state index contributed by atoms with van der Waals surface area (Å²) in [6.07, 6.45) is 0.836.